The van der Waals surface area contributed by atoms with Crippen LogP contribution < -0.4 is 10.6 Å². The zero-order valence-corrected chi connectivity index (χ0v) is 14.2. The van der Waals surface area contributed by atoms with Gasteiger partial charge in [0.1, 0.15) is 6.04 Å². The highest BCUT2D eigenvalue weighted by molar-refractivity contribution is 5.98. The Balaban J connectivity index is 1.71. The van der Waals surface area contributed by atoms with Crippen molar-refractivity contribution in [2.45, 2.75) is 44.7 Å². The zero-order chi connectivity index (χ0) is 18.0. The third-order valence-corrected chi connectivity index (χ3v) is 4.69. The summed E-state index contributed by atoms with van der Waals surface area (Å²) in [6.45, 7) is 2.43. The summed E-state index contributed by atoms with van der Waals surface area (Å²) in [6.07, 6.45) is 3.24. The van der Waals surface area contributed by atoms with E-state index in [1.54, 1.807) is 24.3 Å². The molecular weight excluding hydrogens is 322 g/mol. The van der Waals surface area contributed by atoms with Crippen molar-refractivity contribution in [2.24, 2.45) is 5.92 Å². The number of urea groups is 1. The number of carboxylic acid groups (broad SMARTS) is 1. The number of rotatable bonds is 4. The Bertz CT molecular complexity index is 687. The highest BCUT2D eigenvalue weighted by Crippen LogP contribution is 2.25. The largest absolute Gasteiger partial charge is 0.480 e. The summed E-state index contributed by atoms with van der Waals surface area (Å²) in [5.74, 6) is -1.01. The summed E-state index contributed by atoms with van der Waals surface area (Å²) in [5.41, 5.74) is 0.895. The number of hydrogen-bond acceptors (Lipinski definition) is 3. The van der Waals surface area contributed by atoms with E-state index in [9.17, 15) is 19.5 Å². The maximum atomic E-state index is 12.8. The molecule has 7 nitrogen and oxygen atoms in total. The van der Waals surface area contributed by atoms with Crippen molar-refractivity contribution in [3.63, 3.8) is 0 Å². The SMILES string of the molecule is CC1CCN(C(=O)c2cccc(NC(=O)NC3CC3)c2)C(C(=O)O)C1. The van der Waals surface area contributed by atoms with E-state index >= 15 is 0 Å². The van der Waals surface area contributed by atoms with Gasteiger partial charge in [0.2, 0.25) is 0 Å². The molecule has 0 radical (unpaired) electrons. The second-order valence-electron chi connectivity index (χ2n) is 6.94. The molecule has 0 bridgehead atoms. The van der Waals surface area contributed by atoms with E-state index in [-0.39, 0.29) is 23.9 Å². The van der Waals surface area contributed by atoms with E-state index in [0.29, 0.717) is 24.2 Å². The number of piperidine rings is 1. The molecule has 1 aliphatic heterocycles. The average Bonchev–Trinajstić information content (AvgIpc) is 3.38. The minimum Gasteiger partial charge on any atom is -0.480 e. The van der Waals surface area contributed by atoms with Crippen molar-refractivity contribution < 1.29 is 19.5 Å². The minimum atomic E-state index is -0.974. The number of carboxylic acids is 1. The van der Waals surface area contributed by atoms with Gasteiger partial charge in [-0.15, -0.1) is 0 Å². The van der Waals surface area contributed by atoms with Gasteiger partial charge in [-0.05, 0) is 49.8 Å². The number of benzene rings is 1. The molecule has 2 aliphatic rings. The zero-order valence-electron chi connectivity index (χ0n) is 14.2. The lowest BCUT2D eigenvalue weighted by atomic mass is 9.92. The second-order valence-corrected chi connectivity index (χ2v) is 6.94. The van der Waals surface area contributed by atoms with Crippen molar-refractivity contribution in [2.75, 3.05) is 11.9 Å². The van der Waals surface area contributed by atoms with Gasteiger partial charge in [-0.2, -0.15) is 0 Å². The Labute approximate surface area is 146 Å². The topological polar surface area (TPSA) is 98.7 Å². The van der Waals surface area contributed by atoms with E-state index in [2.05, 4.69) is 10.6 Å². The van der Waals surface area contributed by atoms with Crippen LogP contribution in [0.1, 0.15) is 43.0 Å². The summed E-state index contributed by atoms with van der Waals surface area (Å²) >= 11 is 0. The minimum absolute atomic E-state index is 0.247. The molecule has 2 atom stereocenters. The van der Waals surface area contributed by atoms with E-state index < -0.39 is 12.0 Å². The van der Waals surface area contributed by atoms with Crippen molar-refractivity contribution in [1.82, 2.24) is 10.2 Å². The van der Waals surface area contributed by atoms with Gasteiger partial charge >= 0.3 is 12.0 Å². The maximum Gasteiger partial charge on any atom is 0.326 e. The van der Waals surface area contributed by atoms with Crippen LogP contribution in [0.25, 0.3) is 0 Å². The molecule has 1 saturated heterocycles. The van der Waals surface area contributed by atoms with Crippen molar-refractivity contribution in [3.05, 3.63) is 29.8 Å². The van der Waals surface area contributed by atoms with Crippen molar-refractivity contribution in [3.8, 4) is 0 Å². The standard InChI is InChI=1S/C18H23N3O4/c1-11-7-8-21(15(9-11)17(23)24)16(22)12-3-2-4-14(10-12)20-18(25)19-13-5-6-13/h2-4,10-11,13,15H,5-9H2,1H3,(H,23,24)(H2,19,20,25). The van der Waals surface area contributed by atoms with Crippen LogP contribution in [-0.2, 0) is 4.79 Å². The molecule has 3 rings (SSSR count). The smallest absolute Gasteiger partial charge is 0.326 e. The number of hydrogen-bond donors (Lipinski definition) is 3. The predicted molar refractivity (Wildman–Crippen MR) is 92.5 cm³/mol. The van der Waals surface area contributed by atoms with E-state index in [1.807, 2.05) is 6.92 Å². The Morgan fingerprint density at radius 1 is 1.20 bits per heavy atom. The Kier molecular flexibility index (Phi) is 4.92. The third kappa shape index (κ3) is 4.29. The maximum absolute atomic E-state index is 12.8. The monoisotopic (exact) mass is 345 g/mol. The number of amides is 3. The number of carbonyl (C=O) groups excluding carboxylic acids is 2. The highest BCUT2D eigenvalue weighted by Gasteiger charge is 2.35. The molecule has 1 saturated carbocycles. The molecule has 134 valence electrons. The summed E-state index contributed by atoms with van der Waals surface area (Å²) in [5, 5.41) is 15.0. The van der Waals surface area contributed by atoms with Crippen LogP contribution in [0, 0.1) is 5.92 Å². The fourth-order valence-corrected chi connectivity index (χ4v) is 3.09. The molecule has 2 unspecified atom stereocenters. The van der Waals surface area contributed by atoms with E-state index in [1.165, 1.54) is 4.90 Å². The summed E-state index contributed by atoms with van der Waals surface area (Å²) in [4.78, 5) is 37.5. The molecule has 3 N–H and O–H groups in total. The van der Waals surface area contributed by atoms with Crippen LogP contribution in [0.5, 0.6) is 0 Å². The van der Waals surface area contributed by atoms with Crippen LogP contribution in [-0.4, -0.2) is 46.5 Å². The van der Waals surface area contributed by atoms with Gasteiger partial charge in [-0.3, -0.25) is 4.79 Å². The number of nitrogens with one attached hydrogen (secondary N) is 2. The molecule has 7 heteroatoms. The first-order chi connectivity index (χ1) is 11.9. The number of anilines is 1. The van der Waals surface area contributed by atoms with Gasteiger partial charge in [0, 0.05) is 23.8 Å². The van der Waals surface area contributed by atoms with Crippen LogP contribution >= 0.6 is 0 Å². The Morgan fingerprint density at radius 2 is 1.96 bits per heavy atom. The molecule has 0 spiro atoms. The lowest BCUT2D eigenvalue weighted by molar-refractivity contribution is -0.144. The number of nitrogens with zero attached hydrogens (tertiary/aromatic N) is 1. The molecule has 1 aromatic carbocycles. The summed E-state index contributed by atoms with van der Waals surface area (Å²) in [6, 6.07) is 5.78. The van der Waals surface area contributed by atoms with Crippen molar-refractivity contribution in [1.29, 1.82) is 0 Å². The van der Waals surface area contributed by atoms with E-state index in [4.69, 9.17) is 0 Å². The fraction of sp³-hybridized carbons (Fsp3) is 0.500. The highest BCUT2D eigenvalue weighted by atomic mass is 16.4. The average molecular weight is 345 g/mol. The predicted octanol–water partition coefficient (Wildman–Crippen LogP) is 2.30. The Morgan fingerprint density at radius 3 is 2.64 bits per heavy atom. The van der Waals surface area contributed by atoms with Gasteiger partial charge in [0.05, 0.1) is 0 Å². The lowest BCUT2D eigenvalue weighted by Gasteiger charge is -2.36. The van der Waals surface area contributed by atoms with E-state index in [0.717, 1.165) is 19.3 Å². The van der Waals surface area contributed by atoms with Gasteiger partial charge in [0.15, 0.2) is 0 Å². The molecule has 1 heterocycles. The molecule has 1 aliphatic carbocycles. The quantitative estimate of drug-likeness (QED) is 0.780. The van der Waals surface area contributed by atoms with Gasteiger partial charge in [0.25, 0.3) is 5.91 Å². The first-order valence-electron chi connectivity index (χ1n) is 8.65. The molecule has 25 heavy (non-hydrogen) atoms. The second kappa shape index (κ2) is 7.13. The van der Waals surface area contributed by atoms with Crippen LogP contribution in [0.4, 0.5) is 10.5 Å². The number of likely N-dealkylation sites (tertiary alicyclic amines) is 1. The number of carbonyl (C=O) groups is 3. The molecule has 2 fully saturated rings. The van der Waals surface area contributed by atoms with Crippen molar-refractivity contribution >= 4 is 23.6 Å². The van der Waals surface area contributed by atoms with Crippen LogP contribution in [0.2, 0.25) is 0 Å². The first-order valence-corrected chi connectivity index (χ1v) is 8.65. The fourth-order valence-electron chi connectivity index (χ4n) is 3.09. The van der Waals surface area contributed by atoms with Crippen LogP contribution in [0.15, 0.2) is 24.3 Å². The lowest BCUT2D eigenvalue weighted by Crippen LogP contribution is -2.49. The molecular formula is C18H23N3O4. The summed E-state index contributed by atoms with van der Waals surface area (Å²) in [7, 11) is 0. The third-order valence-electron chi connectivity index (χ3n) is 4.69. The molecule has 1 aromatic rings. The van der Waals surface area contributed by atoms with Gasteiger partial charge < -0.3 is 20.6 Å². The Hall–Kier alpha value is -2.57. The van der Waals surface area contributed by atoms with Gasteiger partial charge in [-0.25, -0.2) is 9.59 Å². The number of aliphatic carboxylic acids is 1. The molecule has 0 aromatic heterocycles. The van der Waals surface area contributed by atoms with Gasteiger partial charge in [-0.1, -0.05) is 13.0 Å². The normalized spacial score (nSPS) is 23.0. The molecule has 3 amide bonds. The summed E-state index contributed by atoms with van der Waals surface area (Å²) < 4.78 is 0. The first kappa shape index (κ1) is 17.3. The van der Waals surface area contributed by atoms with Crippen LogP contribution in [0.3, 0.4) is 0 Å².